The second kappa shape index (κ2) is 4.21. The molecule has 0 aromatic heterocycles. The third-order valence-corrected chi connectivity index (χ3v) is 4.18. The maximum atomic E-state index is 12.6. The molecular weight excluding hydrogens is 284 g/mol. The summed E-state index contributed by atoms with van der Waals surface area (Å²) >= 11 is 6.19. The summed E-state index contributed by atoms with van der Waals surface area (Å²) < 4.78 is 0. The SMILES string of the molecule is O=CCN1C(=O)C2(CN(C(=O)O)C2)c2c(Cl)cccc21. The van der Waals surface area contributed by atoms with Crippen molar-refractivity contribution in [1.29, 1.82) is 0 Å². The highest BCUT2D eigenvalue weighted by molar-refractivity contribution is 6.33. The van der Waals surface area contributed by atoms with Gasteiger partial charge in [-0.3, -0.25) is 4.79 Å². The number of carboxylic acid groups (broad SMARTS) is 1. The monoisotopic (exact) mass is 294 g/mol. The molecule has 6 nitrogen and oxygen atoms in total. The van der Waals surface area contributed by atoms with Gasteiger partial charge in [0.15, 0.2) is 0 Å². The number of halogens is 1. The van der Waals surface area contributed by atoms with Crippen molar-refractivity contribution in [2.45, 2.75) is 5.41 Å². The predicted molar refractivity (Wildman–Crippen MR) is 71.1 cm³/mol. The van der Waals surface area contributed by atoms with Crippen LogP contribution in [0, 0.1) is 0 Å². The van der Waals surface area contributed by atoms with Gasteiger partial charge in [-0.1, -0.05) is 17.7 Å². The van der Waals surface area contributed by atoms with Crippen molar-refractivity contribution in [2.24, 2.45) is 0 Å². The number of carbonyl (C=O) groups excluding carboxylic acids is 2. The molecule has 2 aliphatic rings. The minimum absolute atomic E-state index is 0.0546. The van der Waals surface area contributed by atoms with Crippen LogP contribution in [-0.2, 0) is 15.0 Å². The lowest BCUT2D eigenvalue weighted by Gasteiger charge is -2.45. The van der Waals surface area contributed by atoms with E-state index in [1.807, 2.05) is 0 Å². The highest BCUT2D eigenvalue weighted by Crippen LogP contribution is 2.50. The first-order chi connectivity index (χ1) is 9.51. The first kappa shape index (κ1) is 12.9. The van der Waals surface area contributed by atoms with E-state index in [9.17, 15) is 14.4 Å². The van der Waals surface area contributed by atoms with Crippen molar-refractivity contribution < 1.29 is 19.5 Å². The molecule has 20 heavy (non-hydrogen) atoms. The Kier molecular flexibility index (Phi) is 2.72. The van der Waals surface area contributed by atoms with Crippen LogP contribution in [0.2, 0.25) is 5.02 Å². The van der Waals surface area contributed by atoms with Crippen molar-refractivity contribution in [2.75, 3.05) is 24.5 Å². The summed E-state index contributed by atoms with van der Waals surface area (Å²) in [4.78, 5) is 36.8. The van der Waals surface area contributed by atoms with Gasteiger partial charge in [0, 0.05) is 23.7 Å². The van der Waals surface area contributed by atoms with E-state index >= 15 is 0 Å². The number of benzene rings is 1. The summed E-state index contributed by atoms with van der Waals surface area (Å²) in [5.41, 5.74) is 0.292. The molecule has 0 saturated carbocycles. The van der Waals surface area contributed by atoms with Crippen LogP contribution in [0.1, 0.15) is 5.56 Å². The number of hydrogen-bond acceptors (Lipinski definition) is 3. The van der Waals surface area contributed by atoms with Gasteiger partial charge >= 0.3 is 6.09 Å². The molecule has 0 unspecified atom stereocenters. The molecule has 1 aromatic carbocycles. The fourth-order valence-electron chi connectivity index (χ4n) is 2.98. The second-order valence-electron chi connectivity index (χ2n) is 4.94. The average Bonchev–Trinajstić information content (AvgIpc) is 2.59. The Morgan fingerprint density at radius 1 is 1.45 bits per heavy atom. The van der Waals surface area contributed by atoms with Gasteiger partial charge in [-0.25, -0.2) is 4.79 Å². The largest absolute Gasteiger partial charge is 0.465 e. The number of amides is 2. The number of anilines is 1. The Labute approximate surface area is 119 Å². The summed E-state index contributed by atoms with van der Waals surface area (Å²) in [6.07, 6.45) is -0.416. The zero-order chi connectivity index (χ0) is 14.5. The van der Waals surface area contributed by atoms with Crippen LogP contribution in [0.3, 0.4) is 0 Å². The lowest BCUT2D eigenvalue weighted by atomic mass is 9.75. The summed E-state index contributed by atoms with van der Waals surface area (Å²) in [7, 11) is 0. The fourth-order valence-corrected chi connectivity index (χ4v) is 3.33. The first-order valence-electron chi connectivity index (χ1n) is 6.04. The molecule has 1 spiro atoms. The van der Waals surface area contributed by atoms with E-state index in [0.717, 1.165) is 4.90 Å². The van der Waals surface area contributed by atoms with Crippen LogP contribution in [-0.4, -0.2) is 47.9 Å². The lowest BCUT2D eigenvalue weighted by Crippen LogP contribution is -2.65. The van der Waals surface area contributed by atoms with Crippen molar-refractivity contribution in [3.8, 4) is 0 Å². The van der Waals surface area contributed by atoms with Crippen molar-refractivity contribution >= 4 is 35.6 Å². The molecule has 0 bridgehead atoms. The number of aldehydes is 1. The van der Waals surface area contributed by atoms with E-state index in [1.54, 1.807) is 18.2 Å². The molecule has 2 amide bonds. The molecule has 0 atom stereocenters. The maximum Gasteiger partial charge on any atom is 0.407 e. The van der Waals surface area contributed by atoms with Gasteiger partial charge in [-0.05, 0) is 12.1 Å². The summed E-state index contributed by atoms with van der Waals surface area (Å²) in [5.74, 6) is -0.259. The quantitative estimate of drug-likeness (QED) is 0.829. The minimum atomic E-state index is -1.06. The average molecular weight is 295 g/mol. The first-order valence-corrected chi connectivity index (χ1v) is 6.41. The van der Waals surface area contributed by atoms with Crippen molar-refractivity contribution in [3.63, 3.8) is 0 Å². The van der Waals surface area contributed by atoms with Crippen LogP contribution >= 0.6 is 11.6 Å². The van der Waals surface area contributed by atoms with Gasteiger partial charge in [-0.2, -0.15) is 0 Å². The van der Waals surface area contributed by atoms with E-state index in [4.69, 9.17) is 16.7 Å². The Morgan fingerprint density at radius 3 is 2.75 bits per heavy atom. The van der Waals surface area contributed by atoms with Crippen molar-refractivity contribution in [3.05, 3.63) is 28.8 Å². The van der Waals surface area contributed by atoms with E-state index in [-0.39, 0.29) is 25.5 Å². The summed E-state index contributed by atoms with van der Waals surface area (Å²) in [6.45, 7) is 0.0987. The Morgan fingerprint density at radius 2 is 2.15 bits per heavy atom. The van der Waals surface area contributed by atoms with E-state index in [2.05, 4.69) is 0 Å². The number of carbonyl (C=O) groups is 3. The summed E-state index contributed by atoms with van der Waals surface area (Å²) in [6, 6.07) is 5.10. The summed E-state index contributed by atoms with van der Waals surface area (Å²) in [5, 5.41) is 9.39. The zero-order valence-corrected chi connectivity index (χ0v) is 11.1. The van der Waals surface area contributed by atoms with E-state index in [0.29, 0.717) is 22.6 Å². The molecule has 0 radical (unpaired) electrons. The van der Waals surface area contributed by atoms with Gasteiger partial charge in [0.25, 0.3) is 0 Å². The molecule has 1 aromatic rings. The molecule has 1 fully saturated rings. The zero-order valence-electron chi connectivity index (χ0n) is 10.4. The van der Waals surface area contributed by atoms with Crippen molar-refractivity contribution in [1.82, 2.24) is 4.90 Å². The van der Waals surface area contributed by atoms with Crippen LogP contribution < -0.4 is 4.90 Å². The van der Waals surface area contributed by atoms with Crippen LogP contribution in [0.25, 0.3) is 0 Å². The van der Waals surface area contributed by atoms with Crippen LogP contribution in [0.5, 0.6) is 0 Å². The Balaban J connectivity index is 2.08. The van der Waals surface area contributed by atoms with Crippen LogP contribution in [0.4, 0.5) is 10.5 Å². The highest BCUT2D eigenvalue weighted by atomic mass is 35.5. The number of rotatable bonds is 2. The molecule has 2 aliphatic heterocycles. The lowest BCUT2D eigenvalue weighted by molar-refractivity contribution is -0.128. The molecule has 2 heterocycles. The standard InChI is InChI=1S/C13H11ClN2O4/c14-8-2-1-3-9-10(8)13(6-15(7-13)12(19)20)11(18)16(9)4-5-17/h1-3,5H,4,6-7H2,(H,19,20). The third kappa shape index (κ3) is 1.48. The van der Waals surface area contributed by atoms with Gasteiger partial charge in [0.05, 0.1) is 12.2 Å². The highest BCUT2D eigenvalue weighted by Gasteiger charge is 2.60. The molecule has 3 rings (SSSR count). The van der Waals surface area contributed by atoms with Gasteiger partial charge in [0.2, 0.25) is 5.91 Å². The second-order valence-corrected chi connectivity index (χ2v) is 5.34. The topological polar surface area (TPSA) is 77.9 Å². The Bertz CT molecular complexity index is 625. The van der Waals surface area contributed by atoms with Crippen LogP contribution in [0.15, 0.2) is 18.2 Å². The fraction of sp³-hybridized carbons (Fsp3) is 0.308. The van der Waals surface area contributed by atoms with Gasteiger partial charge in [-0.15, -0.1) is 0 Å². The number of hydrogen-bond donors (Lipinski definition) is 1. The third-order valence-electron chi connectivity index (χ3n) is 3.86. The molecule has 104 valence electrons. The molecule has 7 heteroatoms. The molecule has 0 aliphatic carbocycles. The van der Waals surface area contributed by atoms with E-state index < -0.39 is 11.5 Å². The van der Waals surface area contributed by atoms with Gasteiger partial charge in [0.1, 0.15) is 11.7 Å². The molecule has 1 N–H and O–H groups in total. The molecular formula is C13H11ClN2O4. The number of fused-ring (bicyclic) bond motifs is 2. The minimum Gasteiger partial charge on any atom is -0.465 e. The number of likely N-dealkylation sites (tertiary alicyclic amines) is 1. The molecule has 1 saturated heterocycles. The van der Waals surface area contributed by atoms with Gasteiger partial charge < -0.3 is 19.7 Å². The Hall–Kier alpha value is -2.08. The van der Waals surface area contributed by atoms with E-state index in [1.165, 1.54) is 4.90 Å². The predicted octanol–water partition coefficient (Wildman–Crippen LogP) is 1.12. The smallest absolute Gasteiger partial charge is 0.407 e. The maximum absolute atomic E-state index is 12.6. The number of nitrogens with zero attached hydrogens (tertiary/aromatic N) is 2. The normalized spacial score (nSPS) is 18.9.